The fraction of sp³-hybridized carbons (Fsp3) is 0.400. The third-order valence-electron chi connectivity index (χ3n) is 3.28. The molecular formula is C15H17BrFNO. The minimum absolute atomic E-state index is 0.0266. The molecule has 0 unspecified atom stereocenters. The van der Waals surface area contributed by atoms with Crippen LogP contribution in [0.15, 0.2) is 28.7 Å². The van der Waals surface area contributed by atoms with Crippen LogP contribution in [-0.2, 0) is 4.79 Å². The van der Waals surface area contributed by atoms with Gasteiger partial charge in [-0.2, -0.15) is 0 Å². The fourth-order valence-electron chi connectivity index (χ4n) is 2.20. The smallest absolute Gasteiger partial charge is 0.246 e. The van der Waals surface area contributed by atoms with Crippen molar-refractivity contribution < 1.29 is 9.18 Å². The number of nitrogens with zero attached hydrogens (tertiary/aromatic N) is 1. The normalized spacial score (nSPS) is 16.6. The number of hydrogen-bond acceptors (Lipinski definition) is 1. The SMILES string of the molecule is O=C(/C=C/c1cc(Br)ccc1F)N1CCCCCC1. The number of halogens is 2. The van der Waals surface area contributed by atoms with E-state index in [2.05, 4.69) is 15.9 Å². The molecule has 102 valence electrons. The Kier molecular flexibility index (Phi) is 5.14. The van der Waals surface area contributed by atoms with E-state index in [-0.39, 0.29) is 11.7 Å². The van der Waals surface area contributed by atoms with Crippen LogP contribution in [0.1, 0.15) is 31.2 Å². The molecule has 0 spiro atoms. The van der Waals surface area contributed by atoms with Crippen molar-refractivity contribution in [2.45, 2.75) is 25.7 Å². The first-order valence-electron chi connectivity index (χ1n) is 6.59. The molecule has 2 rings (SSSR count). The molecule has 0 saturated carbocycles. The molecule has 0 aliphatic carbocycles. The molecule has 1 saturated heterocycles. The van der Waals surface area contributed by atoms with Crippen LogP contribution in [0.4, 0.5) is 4.39 Å². The Hall–Kier alpha value is -1.16. The van der Waals surface area contributed by atoms with Gasteiger partial charge in [-0.25, -0.2) is 4.39 Å². The van der Waals surface area contributed by atoms with Gasteiger partial charge in [0.2, 0.25) is 5.91 Å². The van der Waals surface area contributed by atoms with Crippen LogP contribution in [0, 0.1) is 5.82 Å². The summed E-state index contributed by atoms with van der Waals surface area (Å²) in [4.78, 5) is 13.9. The largest absolute Gasteiger partial charge is 0.339 e. The van der Waals surface area contributed by atoms with Gasteiger partial charge in [0.05, 0.1) is 0 Å². The van der Waals surface area contributed by atoms with Gasteiger partial charge in [-0.1, -0.05) is 28.8 Å². The highest BCUT2D eigenvalue weighted by Gasteiger charge is 2.12. The highest BCUT2D eigenvalue weighted by Crippen LogP contribution is 2.17. The van der Waals surface area contributed by atoms with Gasteiger partial charge in [0.15, 0.2) is 0 Å². The summed E-state index contributed by atoms with van der Waals surface area (Å²) < 4.78 is 14.3. The Morgan fingerprint density at radius 3 is 2.58 bits per heavy atom. The number of hydrogen-bond donors (Lipinski definition) is 0. The lowest BCUT2D eigenvalue weighted by molar-refractivity contribution is -0.125. The highest BCUT2D eigenvalue weighted by atomic mass is 79.9. The predicted molar refractivity (Wildman–Crippen MR) is 78.2 cm³/mol. The minimum Gasteiger partial charge on any atom is -0.339 e. The summed E-state index contributed by atoms with van der Waals surface area (Å²) in [6, 6.07) is 4.70. The third kappa shape index (κ3) is 4.16. The molecule has 4 heteroatoms. The summed E-state index contributed by atoms with van der Waals surface area (Å²) in [6.45, 7) is 1.62. The maximum absolute atomic E-state index is 13.5. The molecule has 19 heavy (non-hydrogen) atoms. The lowest BCUT2D eigenvalue weighted by Gasteiger charge is -2.17. The zero-order valence-electron chi connectivity index (χ0n) is 10.7. The lowest BCUT2D eigenvalue weighted by atomic mass is 10.2. The summed E-state index contributed by atoms with van der Waals surface area (Å²) in [5, 5.41) is 0. The molecule has 1 aromatic carbocycles. The first kappa shape index (κ1) is 14.3. The summed E-state index contributed by atoms with van der Waals surface area (Å²) in [5.41, 5.74) is 0.428. The van der Waals surface area contributed by atoms with Crippen molar-refractivity contribution in [3.8, 4) is 0 Å². The van der Waals surface area contributed by atoms with Gasteiger partial charge in [-0.05, 0) is 37.1 Å². The van der Waals surface area contributed by atoms with Gasteiger partial charge >= 0.3 is 0 Å². The average Bonchev–Trinajstić information content (AvgIpc) is 2.68. The number of carbonyl (C=O) groups is 1. The summed E-state index contributed by atoms with van der Waals surface area (Å²) in [6.07, 6.45) is 7.51. The third-order valence-corrected chi connectivity index (χ3v) is 3.77. The predicted octanol–water partition coefficient (Wildman–Crippen LogP) is 4.00. The van der Waals surface area contributed by atoms with Gasteiger partial charge in [-0.3, -0.25) is 4.79 Å². The van der Waals surface area contributed by atoms with Crippen molar-refractivity contribution in [2.24, 2.45) is 0 Å². The van der Waals surface area contributed by atoms with Gasteiger partial charge in [0.1, 0.15) is 5.82 Å². The van der Waals surface area contributed by atoms with Crippen LogP contribution in [0.2, 0.25) is 0 Å². The Balaban J connectivity index is 2.04. The Morgan fingerprint density at radius 2 is 1.89 bits per heavy atom. The van der Waals surface area contributed by atoms with Crippen LogP contribution in [0.3, 0.4) is 0 Å². The number of amides is 1. The van der Waals surface area contributed by atoms with Crippen molar-refractivity contribution in [1.82, 2.24) is 4.90 Å². The van der Waals surface area contributed by atoms with E-state index in [1.54, 1.807) is 18.2 Å². The van der Waals surface area contributed by atoms with Crippen molar-refractivity contribution in [3.05, 3.63) is 40.1 Å². The molecule has 1 amide bonds. The standard InChI is InChI=1S/C15H17BrFNO/c16-13-6-7-14(17)12(11-13)5-8-15(19)18-9-3-1-2-4-10-18/h5-8,11H,1-4,9-10H2/b8-5+. The number of benzene rings is 1. The van der Waals surface area contributed by atoms with Crippen LogP contribution in [0.5, 0.6) is 0 Å². The molecule has 0 radical (unpaired) electrons. The molecule has 1 aliphatic rings. The minimum atomic E-state index is -0.317. The van der Waals surface area contributed by atoms with E-state index >= 15 is 0 Å². The zero-order valence-corrected chi connectivity index (χ0v) is 12.3. The quantitative estimate of drug-likeness (QED) is 0.752. The fourth-order valence-corrected chi connectivity index (χ4v) is 2.58. The topological polar surface area (TPSA) is 20.3 Å². The van der Waals surface area contributed by atoms with E-state index in [4.69, 9.17) is 0 Å². The molecule has 0 atom stereocenters. The molecule has 0 bridgehead atoms. The van der Waals surface area contributed by atoms with Gasteiger partial charge < -0.3 is 4.90 Å². The van der Waals surface area contributed by atoms with E-state index in [0.717, 1.165) is 30.4 Å². The van der Waals surface area contributed by atoms with Crippen LogP contribution in [-0.4, -0.2) is 23.9 Å². The van der Waals surface area contributed by atoms with E-state index in [0.29, 0.717) is 5.56 Å². The number of likely N-dealkylation sites (tertiary alicyclic amines) is 1. The van der Waals surface area contributed by atoms with E-state index in [1.807, 2.05) is 4.90 Å². The lowest BCUT2D eigenvalue weighted by Crippen LogP contribution is -2.30. The van der Waals surface area contributed by atoms with E-state index in [1.165, 1.54) is 25.0 Å². The molecule has 1 aliphatic heterocycles. The maximum Gasteiger partial charge on any atom is 0.246 e. The summed E-state index contributed by atoms with van der Waals surface area (Å²) >= 11 is 3.29. The number of rotatable bonds is 2. The second-order valence-corrected chi connectivity index (χ2v) is 5.65. The first-order valence-corrected chi connectivity index (χ1v) is 7.38. The summed E-state index contributed by atoms with van der Waals surface area (Å²) in [7, 11) is 0. The van der Waals surface area contributed by atoms with Crippen molar-refractivity contribution in [3.63, 3.8) is 0 Å². The van der Waals surface area contributed by atoms with Gasteiger partial charge in [0, 0.05) is 29.2 Å². The average molecular weight is 326 g/mol. The van der Waals surface area contributed by atoms with E-state index in [9.17, 15) is 9.18 Å². The van der Waals surface area contributed by atoms with Crippen LogP contribution in [0.25, 0.3) is 6.08 Å². The molecule has 1 heterocycles. The first-order chi connectivity index (χ1) is 9.16. The second kappa shape index (κ2) is 6.85. The van der Waals surface area contributed by atoms with Crippen molar-refractivity contribution in [2.75, 3.05) is 13.1 Å². The van der Waals surface area contributed by atoms with Gasteiger partial charge in [0.25, 0.3) is 0 Å². The zero-order chi connectivity index (χ0) is 13.7. The van der Waals surface area contributed by atoms with Crippen LogP contribution >= 0.6 is 15.9 Å². The van der Waals surface area contributed by atoms with E-state index < -0.39 is 0 Å². The molecular weight excluding hydrogens is 309 g/mol. The number of carbonyl (C=O) groups excluding carboxylic acids is 1. The van der Waals surface area contributed by atoms with Crippen molar-refractivity contribution in [1.29, 1.82) is 0 Å². The van der Waals surface area contributed by atoms with Crippen LogP contribution < -0.4 is 0 Å². The van der Waals surface area contributed by atoms with Crippen molar-refractivity contribution >= 4 is 27.9 Å². The molecule has 1 aromatic rings. The summed E-state index contributed by atoms with van der Waals surface area (Å²) in [5.74, 6) is -0.343. The Bertz CT molecular complexity index is 479. The highest BCUT2D eigenvalue weighted by molar-refractivity contribution is 9.10. The second-order valence-electron chi connectivity index (χ2n) is 4.74. The van der Waals surface area contributed by atoms with Gasteiger partial charge in [-0.15, -0.1) is 0 Å². The Morgan fingerprint density at radius 1 is 1.21 bits per heavy atom. The monoisotopic (exact) mass is 325 g/mol. The maximum atomic E-state index is 13.5. The molecule has 0 N–H and O–H groups in total. The molecule has 1 fully saturated rings. The molecule has 2 nitrogen and oxygen atoms in total. The molecule has 0 aromatic heterocycles. The Labute approximate surface area is 121 Å².